The molecule has 6 N–H and O–H groups in total. The third-order valence-electron chi connectivity index (χ3n) is 5.36. The number of carbonyl (C=O) groups excluding carboxylic acids is 2. The van der Waals surface area contributed by atoms with Crippen molar-refractivity contribution in [2.45, 2.75) is 11.4 Å². The Labute approximate surface area is 209 Å². The second-order valence-electron chi connectivity index (χ2n) is 7.38. The van der Waals surface area contributed by atoms with Crippen LogP contribution in [0.1, 0.15) is 0 Å². The van der Waals surface area contributed by atoms with E-state index in [0.717, 1.165) is 21.9 Å². The zero-order chi connectivity index (χ0) is 25.6. The molecule has 0 unspecified atom stereocenters. The number of amidine groups is 1. The molecule has 2 aromatic rings. The second kappa shape index (κ2) is 9.21. The fraction of sp³-hybridized carbons (Fsp3) is 0.222. The summed E-state index contributed by atoms with van der Waals surface area (Å²) in [5, 5.41) is 28.7. The van der Waals surface area contributed by atoms with E-state index >= 15 is 0 Å². The van der Waals surface area contributed by atoms with Gasteiger partial charge in [0.25, 0.3) is 24.5 Å². The number of oxime groups is 1. The molecular formula is C18H17FN10O5S2. The van der Waals surface area contributed by atoms with Crippen LogP contribution >= 0.6 is 23.7 Å². The van der Waals surface area contributed by atoms with Crippen LogP contribution in [0.25, 0.3) is 11.3 Å². The summed E-state index contributed by atoms with van der Waals surface area (Å²) in [4.78, 5) is 46.3. The lowest BCUT2D eigenvalue weighted by molar-refractivity contribution is -0.150. The Kier molecular flexibility index (Phi) is 6.06. The molecule has 0 saturated carbocycles. The number of hydrogen-bond donors (Lipinski definition) is 5. The van der Waals surface area contributed by atoms with Gasteiger partial charge in [-0.1, -0.05) is 5.16 Å². The van der Waals surface area contributed by atoms with Crippen molar-refractivity contribution in [3.63, 3.8) is 0 Å². The fourth-order valence-electron chi connectivity index (χ4n) is 3.84. The Hall–Kier alpha value is -4.03. The molecule has 3 aliphatic heterocycles. The van der Waals surface area contributed by atoms with Crippen LogP contribution < -0.4 is 21.4 Å². The number of carboxylic acids is 1. The predicted molar refractivity (Wildman–Crippen MR) is 124 cm³/mol. The number of β-lactam (4-membered cyclic amide) rings is 1. The van der Waals surface area contributed by atoms with Gasteiger partial charge >= 0.3 is 5.97 Å². The first-order chi connectivity index (χ1) is 17.3. The van der Waals surface area contributed by atoms with Crippen molar-refractivity contribution in [3.8, 4) is 0 Å². The van der Waals surface area contributed by atoms with Gasteiger partial charge < -0.3 is 25.6 Å². The normalized spacial score (nSPS) is 21.9. The smallest absolute Gasteiger partial charge is 0.354 e. The van der Waals surface area contributed by atoms with Crippen LogP contribution in [0.2, 0.25) is 0 Å². The molecule has 18 heteroatoms. The minimum absolute atomic E-state index is 0.101. The lowest BCUT2D eigenvalue weighted by atomic mass is 10.0. The molecular weight excluding hydrogens is 519 g/mol. The number of nitrogens with one attached hydrogen (secondary N) is 3. The summed E-state index contributed by atoms with van der Waals surface area (Å²) in [6, 6.07) is 2.01. The van der Waals surface area contributed by atoms with E-state index in [1.807, 2.05) is 0 Å². The van der Waals surface area contributed by atoms with E-state index in [-0.39, 0.29) is 16.9 Å². The largest absolute Gasteiger partial charge is 0.477 e. The minimum Gasteiger partial charge on any atom is -0.477 e. The molecule has 0 radical (unpaired) electrons. The van der Waals surface area contributed by atoms with E-state index in [1.54, 1.807) is 10.6 Å². The number of thioether (sulfide) groups is 1. The topological polar surface area (TPSA) is 196 Å². The molecule has 5 heterocycles. The number of aromatic nitrogens is 3. The number of fused-ring (bicyclic) bond motifs is 2. The van der Waals surface area contributed by atoms with Gasteiger partial charge in [-0.05, 0) is 18.0 Å². The lowest BCUT2D eigenvalue weighted by Crippen LogP contribution is -2.71. The number of carbonyl (C=O) groups is 3. The number of rotatable bonds is 5. The van der Waals surface area contributed by atoms with Crippen molar-refractivity contribution in [2.24, 2.45) is 10.9 Å². The summed E-state index contributed by atoms with van der Waals surface area (Å²) in [5.41, 5.74) is 6.27. The number of amides is 2. The number of carboxylic acid groups (broad SMARTS) is 1. The number of hydrazine groups is 1. The van der Waals surface area contributed by atoms with Gasteiger partial charge in [0.1, 0.15) is 27.6 Å². The molecule has 2 amide bonds. The third kappa shape index (κ3) is 3.84. The number of nitrogens with zero attached hydrogens (tertiary/aromatic N) is 6. The van der Waals surface area contributed by atoms with Crippen molar-refractivity contribution < 1.29 is 28.7 Å². The van der Waals surface area contributed by atoms with E-state index in [0.29, 0.717) is 16.4 Å². The predicted octanol–water partition coefficient (Wildman–Crippen LogP) is -1.25. The van der Waals surface area contributed by atoms with Gasteiger partial charge in [-0.3, -0.25) is 19.9 Å². The van der Waals surface area contributed by atoms with Gasteiger partial charge in [-0.25, -0.2) is 14.2 Å². The van der Waals surface area contributed by atoms with Gasteiger partial charge in [0, 0.05) is 18.0 Å². The molecule has 36 heavy (non-hydrogen) atoms. The van der Waals surface area contributed by atoms with E-state index in [4.69, 9.17) is 11.1 Å². The quantitative estimate of drug-likeness (QED) is 0.101. The molecule has 188 valence electrons. The monoisotopic (exact) mass is 536 g/mol. The zero-order valence-corrected chi connectivity index (χ0v) is 19.6. The summed E-state index contributed by atoms with van der Waals surface area (Å²) in [6.07, 6.45) is 4.34. The molecule has 5 rings (SSSR count). The highest BCUT2D eigenvalue weighted by Crippen LogP contribution is 2.42. The molecule has 15 nitrogen and oxygen atoms in total. The van der Waals surface area contributed by atoms with Crippen LogP contribution in [0, 0.1) is 5.41 Å². The number of aliphatic carboxylic acids is 1. The highest BCUT2D eigenvalue weighted by molar-refractivity contribution is 8.01. The van der Waals surface area contributed by atoms with Crippen molar-refractivity contribution in [1.82, 2.24) is 34.2 Å². The number of nitrogens with two attached hydrogens (primary N) is 1. The van der Waals surface area contributed by atoms with Crippen LogP contribution in [0.3, 0.4) is 0 Å². The highest BCUT2D eigenvalue weighted by atomic mass is 32.2. The standard InChI is InChI=1S/C18H17FN10O5S2/c19-7-34-24-14(27-5-10(21)36-25-27)15(30)23-12-16(31)28-13(18(32)33)8(6-35-17(12)28)26-4-2-9(20)29-11(26)1-3-22-29/h1-5,12,17,20,25H,6-7,21H2,(H,23,30)(H,32,33)/t12-,17+/m1/s1. The number of hydrogen-bond acceptors (Lipinski definition) is 11. The van der Waals surface area contributed by atoms with Gasteiger partial charge in [0.15, 0.2) is 5.70 Å². The van der Waals surface area contributed by atoms with Gasteiger partial charge in [0.05, 0.1) is 18.1 Å². The Morgan fingerprint density at radius 1 is 1.44 bits per heavy atom. The first-order valence-corrected chi connectivity index (χ1v) is 12.0. The Balaban J connectivity index is 1.42. The molecule has 0 bridgehead atoms. The summed E-state index contributed by atoms with van der Waals surface area (Å²) in [5.74, 6) is -3.07. The molecule has 0 aliphatic carbocycles. The average Bonchev–Trinajstić information content (AvgIpc) is 3.52. The molecule has 1 fully saturated rings. The molecule has 3 aliphatic rings. The maximum absolute atomic E-state index is 13.0. The van der Waals surface area contributed by atoms with Gasteiger partial charge in [0.2, 0.25) is 0 Å². The Morgan fingerprint density at radius 2 is 2.25 bits per heavy atom. The summed E-state index contributed by atoms with van der Waals surface area (Å²) >= 11 is 2.22. The second-order valence-corrected chi connectivity index (χ2v) is 9.34. The first-order valence-electron chi connectivity index (χ1n) is 10.1. The minimum atomic E-state index is -1.33. The van der Waals surface area contributed by atoms with E-state index < -0.39 is 41.9 Å². The Morgan fingerprint density at radius 3 is 2.94 bits per heavy atom. The van der Waals surface area contributed by atoms with Crippen LogP contribution in [0.4, 0.5) is 4.39 Å². The van der Waals surface area contributed by atoms with Crippen molar-refractivity contribution >= 4 is 58.7 Å². The van der Waals surface area contributed by atoms with Crippen LogP contribution in [0.5, 0.6) is 0 Å². The van der Waals surface area contributed by atoms with Gasteiger partial charge in [-0.15, -0.1) is 11.8 Å². The fourth-order valence-corrected chi connectivity index (χ4v) is 5.69. The Bertz CT molecular complexity index is 1430. The van der Waals surface area contributed by atoms with Crippen molar-refractivity contribution in [2.75, 3.05) is 12.6 Å². The van der Waals surface area contributed by atoms with Crippen molar-refractivity contribution in [1.29, 1.82) is 5.41 Å². The van der Waals surface area contributed by atoms with E-state index in [1.165, 1.54) is 40.9 Å². The first kappa shape index (κ1) is 23.7. The summed E-state index contributed by atoms with van der Waals surface area (Å²) < 4.78 is 15.4. The highest BCUT2D eigenvalue weighted by Gasteiger charge is 2.55. The number of alkyl halides is 1. The lowest BCUT2D eigenvalue weighted by Gasteiger charge is -2.49. The molecule has 2 aromatic heterocycles. The summed E-state index contributed by atoms with van der Waals surface area (Å²) in [6.45, 7) is -1.29. The maximum Gasteiger partial charge on any atom is 0.354 e. The molecule has 0 spiro atoms. The zero-order valence-electron chi connectivity index (χ0n) is 18.0. The van der Waals surface area contributed by atoms with Crippen LogP contribution in [-0.2, 0) is 19.2 Å². The summed E-state index contributed by atoms with van der Waals surface area (Å²) in [7, 11) is 0. The van der Waals surface area contributed by atoms with E-state index in [2.05, 4.69) is 25.2 Å². The van der Waals surface area contributed by atoms with E-state index in [9.17, 15) is 23.9 Å². The van der Waals surface area contributed by atoms with Crippen LogP contribution in [0.15, 0.2) is 46.6 Å². The van der Waals surface area contributed by atoms with Crippen molar-refractivity contribution in [3.05, 3.63) is 46.9 Å². The molecule has 1 saturated heterocycles. The van der Waals surface area contributed by atoms with Crippen LogP contribution in [-0.4, -0.2) is 76.8 Å². The molecule has 0 aromatic carbocycles. The SMILES string of the molecule is N=c1ccn(C2=C(C(=O)O)N3C(=O)[C@@H](NC(=O)C(=NOCF)N4C=C(N)SN4)[C@@H]3SC2)c2ccnn12. The maximum atomic E-state index is 13.0. The van der Waals surface area contributed by atoms with Gasteiger partial charge in [-0.2, -0.15) is 14.4 Å². The molecule has 2 atom stereocenters. The average molecular weight is 537 g/mol. The number of halogens is 1. The third-order valence-corrected chi connectivity index (χ3v) is 7.25.